The van der Waals surface area contributed by atoms with E-state index in [1.54, 1.807) is 0 Å². The number of fused-ring (bicyclic) bond motifs is 1. The van der Waals surface area contributed by atoms with Crippen LogP contribution < -0.4 is 11.5 Å². The van der Waals surface area contributed by atoms with Crippen molar-refractivity contribution in [1.82, 2.24) is 19.5 Å². The summed E-state index contributed by atoms with van der Waals surface area (Å²) in [5.41, 5.74) is 11.8. The van der Waals surface area contributed by atoms with Crippen molar-refractivity contribution in [1.29, 1.82) is 0 Å². The van der Waals surface area contributed by atoms with E-state index in [0.717, 1.165) is 0 Å². The maximum Gasteiger partial charge on any atom is 0.469 e. The van der Waals surface area contributed by atoms with Crippen LogP contribution in [0.15, 0.2) is 6.33 Å². The summed E-state index contributed by atoms with van der Waals surface area (Å²) in [6.07, 6.45) is -4.18. The van der Waals surface area contributed by atoms with E-state index in [0.29, 0.717) is 0 Å². The van der Waals surface area contributed by atoms with E-state index in [-0.39, 0.29) is 22.9 Å². The molecule has 0 aromatic carbocycles. The van der Waals surface area contributed by atoms with Crippen LogP contribution in [0.4, 0.5) is 11.8 Å². The highest BCUT2D eigenvalue weighted by Gasteiger charge is 2.45. The molecule has 4 atom stereocenters. The third kappa shape index (κ3) is 2.93. The second-order valence-corrected chi connectivity index (χ2v) is 6.34. The van der Waals surface area contributed by atoms with Gasteiger partial charge in [-0.2, -0.15) is 0 Å². The molecule has 1 aliphatic heterocycles. The Morgan fingerprint density at radius 1 is 1.29 bits per heavy atom. The number of nitrogens with two attached hydrogens (primary N) is 2. The normalized spacial score (nSPS) is 27.8. The Balaban J connectivity index is 1.92. The van der Waals surface area contributed by atoms with Crippen molar-refractivity contribution < 1.29 is 33.8 Å². The highest BCUT2D eigenvalue weighted by molar-refractivity contribution is 7.46. The first kappa shape index (κ1) is 17.0. The monoisotopic (exact) mass is 362 g/mol. The molecule has 8 N–H and O–H groups in total. The molecule has 0 saturated carbocycles. The lowest BCUT2D eigenvalue weighted by atomic mass is 10.1. The van der Waals surface area contributed by atoms with Crippen LogP contribution in [0.2, 0.25) is 0 Å². The second-order valence-electron chi connectivity index (χ2n) is 5.10. The number of phosphoric ester groups is 1. The minimum atomic E-state index is -4.75. The van der Waals surface area contributed by atoms with Gasteiger partial charge < -0.3 is 36.2 Å². The Kier molecular flexibility index (Phi) is 4.17. The van der Waals surface area contributed by atoms with E-state index in [1.165, 1.54) is 10.9 Å². The van der Waals surface area contributed by atoms with Crippen molar-refractivity contribution >= 4 is 30.8 Å². The maximum absolute atomic E-state index is 10.8. The molecule has 24 heavy (non-hydrogen) atoms. The SMILES string of the molecule is Nc1ncnc2c1nc(N)n2[C@@H]1O[C@H](COP(=O)(O)O)C(O)C1O. The lowest BCUT2D eigenvalue weighted by molar-refractivity contribution is -0.0493. The first-order valence-corrected chi connectivity index (χ1v) is 8.17. The van der Waals surface area contributed by atoms with Crippen LogP contribution in [-0.4, -0.2) is 64.4 Å². The number of ether oxygens (including phenoxy) is 1. The number of rotatable bonds is 4. The number of nitrogens with zero attached hydrogens (tertiary/aromatic N) is 4. The topological polar surface area (TPSA) is 212 Å². The number of phosphoric acid groups is 1. The summed E-state index contributed by atoms with van der Waals surface area (Å²) < 4.78 is 21.7. The van der Waals surface area contributed by atoms with Gasteiger partial charge in [-0.05, 0) is 0 Å². The molecule has 0 aliphatic carbocycles. The van der Waals surface area contributed by atoms with Crippen LogP contribution in [0.5, 0.6) is 0 Å². The van der Waals surface area contributed by atoms with Gasteiger partial charge in [0.1, 0.15) is 24.6 Å². The minimum absolute atomic E-state index is 0.0693. The predicted octanol–water partition coefficient (Wildman–Crippen LogP) is -2.28. The fraction of sp³-hybridized carbons (Fsp3) is 0.500. The number of nitrogen functional groups attached to an aromatic ring is 2. The van der Waals surface area contributed by atoms with Gasteiger partial charge in [-0.1, -0.05) is 0 Å². The first-order chi connectivity index (χ1) is 11.2. The fourth-order valence-corrected chi connectivity index (χ4v) is 2.79. The maximum atomic E-state index is 10.8. The average Bonchev–Trinajstić information content (AvgIpc) is 2.96. The van der Waals surface area contributed by atoms with Crippen molar-refractivity contribution in [3.63, 3.8) is 0 Å². The third-order valence-corrected chi connectivity index (χ3v) is 4.02. The zero-order valence-electron chi connectivity index (χ0n) is 12.0. The predicted molar refractivity (Wildman–Crippen MR) is 78.1 cm³/mol. The number of imidazole rings is 1. The molecule has 0 bridgehead atoms. The fourth-order valence-electron chi connectivity index (χ4n) is 2.44. The molecular formula is C10H15N6O7P. The van der Waals surface area contributed by atoms with E-state index in [4.69, 9.17) is 26.0 Å². The van der Waals surface area contributed by atoms with Crippen molar-refractivity contribution in [3.05, 3.63) is 6.33 Å². The molecule has 1 fully saturated rings. The third-order valence-electron chi connectivity index (χ3n) is 3.53. The van der Waals surface area contributed by atoms with Gasteiger partial charge in [-0.15, -0.1) is 0 Å². The molecule has 2 unspecified atom stereocenters. The van der Waals surface area contributed by atoms with Crippen LogP contribution in [-0.2, 0) is 13.8 Å². The van der Waals surface area contributed by atoms with Gasteiger partial charge in [0.05, 0.1) is 6.61 Å². The molecule has 0 amide bonds. The van der Waals surface area contributed by atoms with E-state index in [2.05, 4.69) is 19.5 Å². The van der Waals surface area contributed by atoms with Crippen molar-refractivity contribution in [2.75, 3.05) is 18.1 Å². The lowest BCUT2D eigenvalue weighted by Gasteiger charge is -2.17. The number of hydrogen-bond donors (Lipinski definition) is 6. The zero-order chi connectivity index (χ0) is 17.6. The summed E-state index contributed by atoms with van der Waals surface area (Å²) in [5, 5.41) is 20.2. The zero-order valence-corrected chi connectivity index (χ0v) is 12.9. The number of aliphatic hydroxyl groups excluding tert-OH is 2. The molecule has 3 heterocycles. The van der Waals surface area contributed by atoms with Gasteiger partial charge in [0.2, 0.25) is 5.95 Å². The van der Waals surface area contributed by atoms with Crippen LogP contribution in [0, 0.1) is 0 Å². The summed E-state index contributed by atoms with van der Waals surface area (Å²) in [7, 11) is -4.75. The standard InChI is InChI=1S/C10H15N6O7P/c11-7-4-8(14-2-13-7)16(10(12)15-4)9-6(18)5(17)3(23-9)1-22-24(19,20)21/h2-3,5-6,9,17-18H,1H2,(H2,12,15)(H2,11,13,14)(H2,19,20,21)/t3-,5?,6?,9-/m1/s1. The summed E-state index contributed by atoms with van der Waals surface area (Å²) in [6, 6.07) is 0. The van der Waals surface area contributed by atoms with Crippen molar-refractivity contribution in [3.8, 4) is 0 Å². The molecule has 0 radical (unpaired) electrons. The highest BCUT2D eigenvalue weighted by atomic mass is 31.2. The number of aliphatic hydroxyl groups is 2. The molecule has 1 aliphatic rings. The van der Waals surface area contributed by atoms with Crippen molar-refractivity contribution in [2.24, 2.45) is 0 Å². The van der Waals surface area contributed by atoms with Crippen LogP contribution in [0.3, 0.4) is 0 Å². The molecule has 2 aromatic heterocycles. The molecule has 13 nitrogen and oxygen atoms in total. The quantitative estimate of drug-likeness (QED) is 0.317. The molecule has 0 spiro atoms. The molecule has 1 saturated heterocycles. The molecule has 132 valence electrons. The molecule has 14 heteroatoms. The van der Waals surface area contributed by atoms with Gasteiger partial charge >= 0.3 is 7.82 Å². The van der Waals surface area contributed by atoms with Crippen LogP contribution >= 0.6 is 7.82 Å². The Morgan fingerprint density at radius 2 is 2.00 bits per heavy atom. The van der Waals surface area contributed by atoms with Crippen LogP contribution in [0.1, 0.15) is 6.23 Å². The average molecular weight is 362 g/mol. The molecular weight excluding hydrogens is 347 g/mol. The Bertz CT molecular complexity index is 808. The summed E-state index contributed by atoms with van der Waals surface area (Å²) in [5.74, 6) is -0.0233. The smallest absolute Gasteiger partial charge is 0.387 e. The van der Waals surface area contributed by atoms with Gasteiger partial charge in [0.15, 0.2) is 23.2 Å². The van der Waals surface area contributed by atoms with E-state index in [9.17, 15) is 14.8 Å². The second kappa shape index (κ2) is 5.89. The Labute approximate surface area is 134 Å². The number of aromatic nitrogens is 4. The Morgan fingerprint density at radius 3 is 2.67 bits per heavy atom. The van der Waals surface area contributed by atoms with Crippen LogP contribution in [0.25, 0.3) is 11.2 Å². The van der Waals surface area contributed by atoms with Crippen molar-refractivity contribution in [2.45, 2.75) is 24.5 Å². The van der Waals surface area contributed by atoms with E-state index < -0.39 is 39.0 Å². The van der Waals surface area contributed by atoms with Gasteiger partial charge in [-0.25, -0.2) is 19.5 Å². The van der Waals surface area contributed by atoms with E-state index in [1.807, 2.05) is 0 Å². The number of hydrogen-bond acceptors (Lipinski definition) is 10. The Hall–Kier alpha value is -1.86. The van der Waals surface area contributed by atoms with Gasteiger partial charge in [0, 0.05) is 0 Å². The summed E-state index contributed by atoms with van der Waals surface area (Å²) in [4.78, 5) is 29.2. The van der Waals surface area contributed by atoms with Gasteiger partial charge in [0.25, 0.3) is 0 Å². The molecule has 2 aromatic rings. The largest absolute Gasteiger partial charge is 0.469 e. The highest BCUT2D eigenvalue weighted by Crippen LogP contribution is 2.39. The van der Waals surface area contributed by atoms with Gasteiger partial charge in [-0.3, -0.25) is 9.09 Å². The summed E-state index contributed by atoms with van der Waals surface area (Å²) >= 11 is 0. The van der Waals surface area contributed by atoms with E-state index >= 15 is 0 Å². The lowest BCUT2D eigenvalue weighted by Crippen LogP contribution is -2.33. The minimum Gasteiger partial charge on any atom is -0.387 e. The summed E-state index contributed by atoms with van der Waals surface area (Å²) in [6.45, 7) is -0.636. The number of anilines is 2. The molecule has 3 rings (SSSR count). The first-order valence-electron chi connectivity index (χ1n) is 6.64.